The van der Waals surface area contributed by atoms with Crippen molar-refractivity contribution in [3.05, 3.63) is 59.7 Å². The summed E-state index contributed by atoms with van der Waals surface area (Å²) in [6, 6.07) is 15.4. The van der Waals surface area contributed by atoms with Crippen LogP contribution < -0.4 is 5.32 Å². The number of fused-ring (bicyclic) bond motifs is 4. The minimum absolute atomic E-state index is 0.00439. The molecule has 2 aromatic carbocycles. The number of rotatable bonds is 7. The molecule has 2 fully saturated rings. The Morgan fingerprint density at radius 2 is 1.74 bits per heavy atom. The number of amides is 2. The maximum absolute atomic E-state index is 13.6. The van der Waals surface area contributed by atoms with Gasteiger partial charge in [-0.25, -0.2) is 9.59 Å². The first-order chi connectivity index (χ1) is 16.9. The molecule has 2 amide bonds. The molecule has 2 aliphatic carbocycles. The van der Waals surface area contributed by atoms with E-state index < -0.39 is 23.6 Å². The first kappa shape index (κ1) is 23.4. The highest BCUT2D eigenvalue weighted by molar-refractivity contribution is 5.94. The van der Waals surface area contributed by atoms with Crippen LogP contribution in [0.5, 0.6) is 0 Å². The lowest BCUT2D eigenvalue weighted by Crippen LogP contribution is -2.59. The Morgan fingerprint density at radius 3 is 2.34 bits per heavy atom. The molecule has 0 spiro atoms. The number of benzene rings is 2. The molecule has 0 radical (unpaired) electrons. The van der Waals surface area contributed by atoms with Gasteiger partial charge in [-0.1, -0.05) is 68.8 Å². The van der Waals surface area contributed by atoms with Crippen molar-refractivity contribution in [2.75, 3.05) is 13.2 Å². The van der Waals surface area contributed by atoms with Crippen LogP contribution in [0.2, 0.25) is 0 Å². The Balaban J connectivity index is 1.30. The van der Waals surface area contributed by atoms with E-state index in [1.54, 1.807) is 0 Å². The number of likely N-dealkylation sites (tertiary alicyclic amines) is 1. The van der Waals surface area contributed by atoms with Gasteiger partial charge in [0.15, 0.2) is 0 Å². The van der Waals surface area contributed by atoms with Crippen LogP contribution in [0.25, 0.3) is 11.1 Å². The molecule has 1 saturated carbocycles. The van der Waals surface area contributed by atoms with Crippen molar-refractivity contribution < 1.29 is 24.2 Å². The Kier molecular flexibility index (Phi) is 6.03. The third-order valence-electron chi connectivity index (χ3n) is 8.22. The van der Waals surface area contributed by atoms with E-state index in [-0.39, 0.29) is 30.3 Å². The summed E-state index contributed by atoms with van der Waals surface area (Å²) in [5.41, 5.74) is 3.42. The molecule has 1 aliphatic heterocycles. The van der Waals surface area contributed by atoms with E-state index in [4.69, 9.17) is 4.74 Å². The summed E-state index contributed by atoms with van der Waals surface area (Å²) < 4.78 is 5.68. The Hall–Kier alpha value is -3.35. The molecule has 2 aromatic rings. The van der Waals surface area contributed by atoms with Crippen molar-refractivity contribution in [1.82, 2.24) is 10.2 Å². The average molecular weight is 477 g/mol. The number of hydrogen-bond donors (Lipinski definition) is 2. The molecule has 4 atom stereocenters. The van der Waals surface area contributed by atoms with E-state index >= 15 is 0 Å². The van der Waals surface area contributed by atoms with E-state index in [9.17, 15) is 19.5 Å². The number of hydrogen-bond acceptors (Lipinski definition) is 4. The molecule has 4 unspecified atom stereocenters. The molecule has 3 aliphatic rings. The largest absolute Gasteiger partial charge is 0.479 e. The van der Waals surface area contributed by atoms with Gasteiger partial charge in [0.1, 0.15) is 18.2 Å². The Labute approximate surface area is 205 Å². The lowest BCUT2D eigenvalue weighted by atomic mass is 9.94. The van der Waals surface area contributed by atoms with Gasteiger partial charge < -0.3 is 20.1 Å². The lowest BCUT2D eigenvalue weighted by Gasteiger charge is -2.37. The van der Waals surface area contributed by atoms with Crippen LogP contribution in [0.1, 0.15) is 56.6 Å². The van der Waals surface area contributed by atoms with Crippen LogP contribution in [-0.2, 0) is 14.3 Å². The lowest BCUT2D eigenvalue weighted by molar-refractivity contribution is -0.156. The van der Waals surface area contributed by atoms with Gasteiger partial charge in [-0.15, -0.1) is 0 Å². The van der Waals surface area contributed by atoms with Gasteiger partial charge in [0.25, 0.3) is 0 Å². The molecular weight excluding hydrogens is 444 g/mol. The first-order valence-electron chi connectivity index (χ1n) is 12.5. The molecule has 7 heteroatoms. The topological polar surface area (TPSA) is 95.9 Å². The fourth-order valence-electron chi connectivity index (χ4n) is 5.99. The molecule has 2 N–H and O–H groups in total. The SMILES string of the molecule is CCC(C)C(NC(=O)OCC1c2ccccc2-c2ccccc21)C(=O)N1CCCC2CC21C(=O)O. The second-order valence-corrected chi connectivity index (χ2v) is 10.1. The monoisotopic (exact) mass is 476 g/mol. The predicted molar refractivity (Wildman–Crippen MR) is 131 cm³/mol. The van der Waals surface area contributed by atoms with E-state index in [0.717, 1.165) is 35.1 Å². The standard InChI is InChI=1S/C28H32N2O5/c1-3-17(2)24(25(31)30-14-8-9-18-15-28(18,30)26(32)33)29-27(34)35-16-23-21-12-6-4-10-19(21)20-11-5-7-13-22(20)23/h4-7,10-13,17-18,23-24H,3,8-9,14-16H2,1-2H3,(H,29,34)(H,32,33). The van der Waals surface area contributed by atoms with Gasteiger partial charge in [0.2, 0.25) is 5.91 Å². The Morgan fingerprint density at radius 1 is 1.11 bits per heavy atom. The summed E-state index contributed by atoms with van der Waals surface area (Å²) in [5, 5.41) is 12.7. The first-order valence-corrected chi connectivity index (χ1v) is 12.5. The molecule has 35 heavy (non-hydrogen) atoms. The fourth-order valence-corrected chi connectivity index (χ4v) is 5.99. The zero-order chi connectivity index (χ0) is 24.7. The number of alkyl carbamates (subject to hydrolysis) is 1. The van der Waals surface area contributed by atoms with Crippen LogP contribution in [0.3, 0.4) is 0 Å². The van der Waals surface area contributed by atoms with Crippen LogP contribution in [0, 0.1) is 11.8 Å². The van der Waals surface area contributed by atoms with Crippen molar-refractivity contribution in [2.24, 2.45) is 11.8 Å². The number of nitrogens with one attached hydrogen (secondary N) is 1. The normalized spacial score (nSPS) is 23.9. The zero-order valence-corrected chi connectivity index (χ0v) is 20.2. The van der Waals surface area contributed by atoms with Gasteiger partial charge in [0, 0.05) is 12.5 Å². The maximum Gasteiger partial charge on any atom is 0.407 e. The zero-order valence-electron chi connectivity index (χ0n) is 20.2. The number of piperidine rings is 1. The molecule has 1 heterocycles. The number of carbonyl (C=O) groups excluding carboxylic acids is 2. The summed E-state index contributed by atoms with van der Waals surface area (Å²) >= 11 is 0. The van der Waals surface area contributed by atoms with E-state index in [0.29, 0.717) is 19.4 Å². The highest BCUT2D eigenvalue weighted by atomic mass is 16.5. The summed E-state index contributed by atoms with van der Waals surface area (Å²) in [7, 11) is 0. The van der Waals surface area contributed by atoms with E-state index in [1.165, 1.54) is 4.90 Å². The van der Waals surface area contributed by atoms with E-state index in [2.05, 4.69) is 29.6 Å². The van der Waals surface area contributed by atoms with Gasteiger partial charge in [0.05, 0.1) is 0 Å². The summed E-state index contributed by atoms with van der Waals surface area (Å²) in [6.45, 7) is 4.41. The number of carbonyl (C=O) groups is 3. The van der Waals surface area contributed by atoms with Crippen molar-refractivity contribution in [3.63, 3.8) is 0 Å². The number of nitrogens with zero attached hydrogens (tertiary/aromatic N) is 1. The number of aliphatic carboxylic acids is 1. The minimum Gasteiger partial charge on any atom is -0.479 e. The third kappa shape index (κ3) is 3.87. The van der Waals surface area contributed by atoms with Gasteiger partial charge in [-0.3, -0.25) is 4.79 Å². The van der Waals surface area contributed by atoms with Gasteiger partial charge in [-0.2, -0.15) is 0 Å². The average Bonchev–Trinajstić information content (AvgIpc) is 3.56. The number of ether oxygens (including phenoxy) is 1. The van der Waals surface area contributed by atoms with Crippen molar-refractivity contribution in [3.8, 4) is 11.1 Å². The van der Waals surface area contributed by atoms with Crippen LogP contribution in [0.4, 0.5) is 4.79 Å². The summed E-state index contributed by atoms with van der Waals surface area (Å²) in [5.74, 6) is -1.50. The molecule has 5 rings (SSSR count). The number of carboxylic acid groups (broad SMARTS) is 1. The molecule has 184 valence electrons. The quantitative estimate of drug-likeness (QED) is 0.617. The molecule has 1 saturated heterocycles. The fraction of sp³-hybridized carbons (Fsp3) is 0.464. The van der Waals surface area contributed by atoms with E-state index in [1.807, 2.05) is 38.1 Å². The Bertz CT molecular complexity index is 1120. The van der Waals surface area contributed by atoms with Crippen LogP contribution in [-0.4, -0.2) is 52.7 Å². The second kappa shape index (κ2) is 9.02. The highest BCUT2D eigenvalue weighted by Crippen LogP contribution is 2.54. The van der Waals surface area contributed by atoms with Gasteiger partial charge in [-0.05, 0) is 53.4 Å². The molecular formula is C28H32N2O5. The predicted octanol–water partition coefficient (Wildman–Crippen LogP) is 4.41. The number of carboxylic acids is 1. The van der Waals surface area contributed by atoms with Crippen molar-refractivity contribution >= 4 is 18.0 Å². The summed E-state index contributed by atoms with van der Waals surface area (Å²) in [4.78, 5) is 40.1. The molecule has 0 bridgehead atoms. The van der Waals surface area contributed by atoms with Crippen LogP contribution in [0.15, 0.2) is 48.5 Å². The maximum atomic E-state index is 13.6. The second-order valence-electron chi connectivity index (χ2n) is 10.1. The van der Waals surface area contributed by atoms with Crippen LogP contribution >= 0.6 is 0 Å². The minimum atomic E-state index is -1.11. The molecule has 0 aromatic heterocycles. The molecule has 7 nitrogen and oxygen atoms in total. The van der Waals surface area contributed by atoms with Gasteiger partial charge >= 0.3 is 12.1 Å². The van der Waals surface area contributed by atoms with Crippen molar-refractivity contribution in [2.45, 2.75) is 57.0 Å². The third-order valence-corrected chi connectivity index (χ3v) is 8.22. The smallest absolute Gasteiger partial charge is 0.407 e. The summed E-state index contributed by atoms with van der Waals surface area (Å²) in [6.07, 6.45) is 2.11. The van der Waals surface area contributed by atoms with Crippen molar-refractivity contribution in [1.29, 1.82) is 0 Å². The highest BCUT2D eigenvalue weighted by Gasteiger charge is 2.67.